The Balaban J connectivity index is 0.00000312. The van der Waals surface area contributed by atoms with Gasteiger partial charge >= 0.3 is 59.1 Å². The van der Waals surface area contributed by atoms with Crippen molar-refractivity contribution >= 4 is 46.8 Å². The van der Waals surface area contributed by atoms with Crippen LogP contribution in [0.1, 0.15) is 11.1 Å². The zero-order valence-electron chi connectivity index (χ0n) is 14.0. The van der Waals surface area contributed by atoms with E-state index in [1.807, 2.05) is 6.07 Å². The number of halogens is 1. The van der Waals surface area contributed by atoms with Gasteiger partial charge in [-0.15, -0.1) is 0 Å². The number of thiocarbonyl (C=S) groups is 1. The number of rotatable bonds is 5. The number of nitrogens with one attached hydrogen (secondary N) is 1. The van der Waals surface area contributed by atoms with Crippen LogP contribution >= 0.6 is 36.0 Å². The Bertz CT molecular complexity index is 850. The van der Waals surface area contributed by atoms with Crippen LogP contribution in [0.5, 0.6) is 5.75 Å². The molecule has 3 N–H and O–H groups in total. The molecule has 0 saturated heterocycles. The minimum atomic E-state index is -5.15. The molecule has 2 aromatic carbocycles. The molecule has 0 heterocycles. The van der Waals surface area contributed by atoms with Gasteiger partial charge in [0.25, 0.3) is 0 Å². The summed E-state index contributed by atoms with van der Waals surface area (Å²) in [5.74, 6) is -0.112. The van der Waals surface area contributed by atoms with Crippen LogP contribution in [0.4, 0.5) is 0 Å². The Kier molecular flexibility index (Phi) is 12.0. The van der Waals surface area contributed by atoms with Gasteiger partial charge in [0.1, 0.15) is 13.6 Å². The van der Waals surface area contributed by atoms with Crippen LogP contribution in [0.2, 0.25) is 0 Å². The van der Waals surface area contributed by atoms with Gasteiger partial charge in [0.05, 0.1) is 5.71 Å². The van der Waals surface area contributed by atoms with E-state index in [-0.39, 0.29) is 70.0 Å². The minimum Gasteiger partial charge on any atom is -0.780 e. The predicted molar refractivity (Wildman–Crippen MR) is 94.4 cm³/mol. The molecule has 0 spiro atoms. The summed E-state index contributed by atoms with van der Waals surface area (Å²) in [6.07, 6.45) is 0. The van der Waals surface area contributed by atoms with E-state index in [4.69, 9.17) is 18.0 Å². The molecule has 0 aliphatic rings. The summed E-state index contributed by atoms with van der Waals surface area (Å²) in [4.78, 5) is 21.6. The number of nitrogens with zero attached hydrogens (tertiary/aromatic N) is 1. The molecule has 0 aliphatic carbocycles. The van der Waals surface area contributed by atoms with Gasteiger partial charge in [-0.05, 0) is 36.5 Å². The molecule has 12 heteroatoms. The maximum atomic E-state index is 10.8. The zero-order valence-corrected chi connectivity index (χ0v) is 21.3. The molecule has 0 fully saturated rings. The van der Waals surface area contributed by atoms with Crippen molar-refractivity contribution in [2.45, 2.75) is 0 Å². The second-order valence-electron chi connectivity index (χ2n) is 4.51. The summed E-state index contributed by atoms with van der Waals surface area (Å²) >= 11 is 8.11. The van der Waals surface area contributed by atoms with E-state index >= 15 is 0 Å². The minimum absolute atomic E-state index is 0. The van der Waals surface area contributed by atoms with Crippen LogP contribution in [0.15, 0.2) is 58.1 Å². The van der Waals surface area contributed by atoms with Crippen LogP contribution < -0.4 is 84.6 Å². The normalized spacial score (nSPS) is 11.0. The molecule has 0 aromatic heterocycles. The summed E-state index contributed by atoms with van der Waals surface area (Å²) in [6, 6.07) is 13.2. The second kappa shape index (κ2) is 11.9. The number of hydrogen-bond acceptors (Lipinski definition) is 6. The maximum absolute atomic E-state index is 10.8. The second-order valence-corrected chi connectivity index (χ2v) is 6.95. The Morgan fingerprint density at radius 3 is 2.27 bits per heavy atom. The van der Waals surface area contributed by atoms with Crippen LogP contribution in [0.3, 0.4) is 0 Å². The molecule has 0 amide bonds. The van der Waals surface area contributed by atoms with Gasteiger partial charge in [-0.2, -0.15) is 5.10 Å². The summed E-state index contributed by atoms with van der Waals surface area (Å²) in [6.45, 7) is 0. The molecule has 0 saturated carbocycles. The number of hydrogen-bond donors (Lipinski definition) is 2. The topological polar surface area (TPSA) is 123 Å². The summed E-state index contributed by atoms with van der Waals surface area (Å²) < 4.78 is 16.0. The molecule has 2 aromatic rings. The van der Waals surface area contributed by atoms with Crippen LogP contribution in [0, 0.1) is 0 Å². The molecule has 0 aliphatic heterocycles. The van der Waals surface area contributed by atoms with E-state index < -0.39 is 7.82 Å². The molecule has 26 heavy (non-hydrogen) atoms. The number of nitrogens with two attached hydrogens (primary N) is 1. The number of phosphoric acid groups is 1. The van der Waals surface area contributed by atoms with Gasteiger partial charge in [0.2, 0.25) is 0 Å². The van der Waals surface area contributed by atoms with Crippen molar-refractivity contribution in [3.05, 3.63) is 64.1 Å². The van der Waals surface area contributed by atoms with E-state index in [2.05, 4.69) is 31.0 Å². The third kappa shape index (κ3) is 8.95. The van der Waals surface area contributed by atoms with Gasteiger partial charge in [0.15, 0.2) is 5.11 Å². The Hall–Kier alpha value is 0.230. The fraction of sp³-hybridized carbons (Fsp3) is 0. The van der Waals surface area contributed by atoms with Crippen molar-refractivity contribution in [2.24, 2.45) is 10.8 Å². The average molecular weight is 474 g/mol. The average Bonchev–Trinajstić information content (AvgIpc) is 2.46. The van der Waals surface area contributed by atoms with Crippen LogP contribution in [-0.2, 0) is 4.57 Å². The van der Waals surface area contributed by atoms with Crippen molar-refractivity contribution in [3.8, 4) is 5.75 Å². The molecular weight excluding hydrogens is 463 g/mol. The van der Waals surface area contributed by atoms with Crippen molar-refractivity contribution in [2.75, 3.05) is 0 Å². The van der Waals surface area contributed by atoms with E-state index in [9.17, 15) is 14.4 Å². The first-order valence-corrected chi connectivity index (χ1v) is 9.12. The largest absolute Gasteiger partial charge is 1.00 e. The fourth-order valence-electron chi connectivity index (χ4n) is 1.87. The van der Waals surface area contributed by atoms with Crippen molar-refractivity contribution in [1.29, 1.82) is 0 Å². The molecule has 0 unspecified atom stereocenters. The molecule has 2 rings (SSSR count). The third-order valence-corrected chi connectivity index (χ3v) is 3.72. The monoisotopic (exact) mass is 473 g/mol. The van der Waals surface area contributed by atoms with E-state index in [1.54, 1.807) is 24.3 Å². The predicted octanol–water partition coefficient (Wildman–Crippen LogP) is -4.75. The Morgan fingerprint density at radius 2 is 1.73 bits per heavy atom. The zero-order chi connectivity index (χ0) is 17.7. The van der Waals surface area contributed by atoms with E-state index in [0.717, 1.165) is 4.47 Å². The molecule has 0 atom stereocenters. The smallest absolute Gasteiger partial charge is 0.780 e. The van der Waals surface area contributed by atoms with Crippen molar-refractivity contribution in [1.82, 2.24) is 5.43 Å². The quantitative estimate of drug-likeness (QED) is 0.147. The maximum Gasteiger partial charge on any atom is 1.00 e. The third-order valence-electron chi connectivity index (χ3n) is 2.70. The van der Waals surface area contributed by atoms with Crippen molar-refractivity contribution < 1.29 is 78.0 Å². The Morgan fingerprint density at radius 1 is 1.15 bits per heavy atom. The number of benzene rings is 2. The summed E-state index contributed by atoms with van der Waals surface area (Å²) in [5.41, 5.74) is 9.53. The first-order chi connectivity index (χ1) is 11.2. The molecular formula is C14H11BrN3Na2O4PS. The van der Waals surface area contributed by atoms with Gasteiger partial charge in [-0.25, -0.2) is 0 Å². The van der Waals surface area contributed by atoms with E-state index in [1.165, 1.54) is 18.2 Å². The standard InChI is InChI=1S/C14H13BrN3O4PS.2Na/c15-11-5-1-3-9(7-11)13(17-18-14(16)24)10-4-2-6-12(8-10)22-23(19,20)21;;/h1-8H,(H3,16,18,24)(H2,19,20,21);;/q;2*+1/p-2. The van der Waals surface area contributed by atoms with Crippen LogP contribution in [-0.4, -0.2) is 10.8 Å². The molecule has 0 bridgehead atoms. The number of hydrazone groups is 1. The molecule has 7 nitrogen and oxygen atoms in total. The first kappa shape index (κ1) is 26.2. The molecule has 0 radical (unpaired) electrons. The van der Waals surface area contributed by atoms with Gasteiger partial charge in [0, 0.05) is 15.6 Å². The summed E-state index contributed by atoms with van der Waals surface area (Å²) in [5, 5.41) is 4.11. The van der Waals surface area contributed by atoms with Crippen molar-refractivity contribution in [3.63, 3.8) is 0 Å². The van der Waals surface area contributed by atoms with Gasteiger partial charge < -0.3 is 24.6 Å². The van der Waals surface area contributed by atoms with Gasteiger partial charge in [-0.1, -0.05) is 40.2 Å². The van der Waals surface area contributed by atoms with Crippen LogP contribution in [0.25, 0.3) is 0 Å². The fourth-order valence-corrected chi connectivity index (χ4v) is 2.69. The van der Waals surface area contributed by atoms with Gasteiger partial charge in [-0.3, -0.25) is 5.43 Å². The summed E-state index contributed by atoms with van der Waals surface area (Å²) in [7, 11) is -5.15. The first-order valence-electron chi connectivity index (χ1n) is 6.46. The van der Waals surface area contributed by atoms with E-state index in [0.29, 0.717) is 16.8 Å². The number of phosphoric ester groups is 1. The SMILES string of the molecule is NC(=S)NN=C(c1cccc(Br)c1)c1cccc(OP(=O)([O-])[O-])c1.[Na+].[Na+]. The molecule has 126 valence electrons. The Labute approximate surface area is 208 Å².